The predicted octanol–water partition coefficient (Wildman–Crippen LogP) is 3.97. The number of amides is 1. The molecule has 1 saturated carbocycles. The minimum atomic E-state index is -0.137. The Morgan fingerprint density at radius 1 is 1.24 bits per heavy atom. The lowest BCUT2D eigenvalue weighted by atomic mass is 9.94. The van der Waals surface area contributed by atoms with Gasteiger partial charge in [-0.05, 0) is 49.9 Å². The van der Waals surface area contributed by atoms with E-state index in [4.69, 9.17) is 16.3 Å². The zero-order valence-corrected chi connectivity index (χ0v) is 15.5. The first-order chi connectivity index (χ1) is 12.2. The number of methoxy groups -OCH3 is 1. The first-order valence-electron chi connectivity index (χ1n) is 8.24. The van der Waals surface area contributed by atoms with Crippen molar-refractivity contribution in [2.24, 2.45) is 0 Å². The predicted molar refractivity (Wildman–Crippen MR) is 99.4 cm³/mol. The fourth-order valence-electron chi connectivity index (χ4n) is 2.94. The SMILES string of the molecule is COc1ccc(Cl)cc1C(=O)NC1CCC(Sc2ncccn2)CC1. The molecule has 1 aliphatic carbocycles. The fourth-order valence-corrected chi connectivity index (χ4v) is 4.16. The van der Waals surface area contributed by atoms with Crippen LogP contribution in [-0.2, 0) is 0 Å². The molecule has 3 rings (SSSR count). The molecule has 0 bridgehead atoms. The maximum absolute atomic E-state index is 12.5. The molecule has 5 nitrogen and oxygen atoms in total. The summed E-state index contributed by atoms with van der Waals surface area (Å²) in [5.41, 5.74) is 0.476. The highest BCUT2D eigenvalue weighted by molar-refractivity contribution is 7.99. The number of carbonyl (C=O) groups excluding carboxylic acids is 1. The van der Waals surface area contributed by atoms with E-state index in [9.17, 15) is 4.79 Å². The molecule has 7 heteroatoms. The molecule has 1 aromatic heterocycles. The van der Waals surface area contributed by atoms with Crippen molar-refractivity contribution in [3.05, 3.63) is 47.2 Å². The number of thioether (sulfide) groups is 1. The summed E-state index contributed by atoms with van der Waals surface area (Å²) < 4.78 is 5.26. The van der Waals surface area contributed by atoms with Gasteiger partial charge in [-0.25, -0.2) is 9.97 Å². The van der Waals surface area contributed by atoms with Crippen LogP contribution in [0, 0.1) is 0 Å². The second kappa shape index (κ2) is 8.54. The van der Waals surface area contributed by atoms with E-state index in [0.29, 0.717) is 21.6 Å². The van der Waals surface area contributed by atoms with Gasteiger partial charge in [0.2, 0.25) is 0 Å². The maximum atomic E-state index is 12.5. The number of nitrogens with zero attached hydrogens (tertiary/aromatic N) is 2. The Morgan fingerprint density at radius 2 is 1.96 bits per heavy atom. The smallest absolute Gasteiger partial charge is 0.255 e. The molecule has 1 fully saturated rings. The van der Waals surface area contributed by atoms with Gasteiger partial charge in [-0.3, -0.25) is 4.79 Å². The van der Waals surface area contributed by atoms with E-state index in [1.165, 1.54) is 0 Å². The summed E-state index contributed by atoms with van der Waals surface area (Å²) in [7, 11) is 1.55. The molecule has 0 radical (unpaired) electrons. The van der Waals surface area contributed by atoms with Crippen molar-refractivity contribution >= 4 is 29.3 Å². The molecule has 1 aromatic carbocycles. The molecular formula is C18H20ClN3O2S. The number of carbonyl (C=O) groups is 1. The van der Waals surface area contributed by atoms with E-state index in [2.05, 4.69) is 15.3 Å². The molecular weight excluding hydrogens is 358 g/mol. The number of hydrogen-bond acceptors (Lipinski definition) is 5. The van der Waals surface area contributed by atoms with E-state index < -0.39 is 0 Å². The van der Waals surface area contributed by atoms with Crippen molar-refractivity contribution in [2.45, 2.75) is 42.1 Å². The highest BCUT2D eigenvalue weighted by atomic mass is 35.5. The van der Waals surface area contributed by atoms with Gasteiger partial charge in [-0.2, -0.15) is 0 Å². The van der Waals surface area contributed by atoms with Crippen molar-refractivity contribution in [2.75, 3.05) is 7.11 Å². The third-order valence-corrected chi connectivity index (χ3v) is 5.69. The summed E-state index contributed by atoms with van der Waals surface area (Å²) in [6.07, 6.45) is 7.47. The molecule has 1 aliphatic rings. The number of rotatable bonds is 5. The van der Waals surface area contributed by atoms with E-state index in [-0.39, 0.29) is 11.9 Å². The number of aromatic nitrogens is 2. The molecule has 2 aromatic rings. The molecule has 0 atom stereocenters. The van der Waals surface area contributed by atoms with Crippen molar-refractivity contribution in [1.82, 2.24) is 15.3 Å². The molecule has 0 spiro atoms. The molecule has 25 heavy (non-hydrogen) atoms. The van der Waals surface area contributed by atoms with Gasteiger partial charge in [0.25, 0.3) is 5.91 Å². The van der Waals surface area contributed by atoms with Gasteiger partial charge >= 0.3 is 0 Å². The van der Waals surface area contributed by atoms with Crippen LogP contribution >= 0.6 is 23.4 Å². The standard InChI is InChI=1S/C18H20ClN3O2S/c1-24-16-8-3-12(19)11-15(16)17(23)22-13-4-6-14(7-5-13)25-18-20-9-2-10-21-18/h2-3,8-11,13-14H,4-7H2,1H3,(H,22,23). The van der Waals surface area contributed by atoms with Crippen LogP contribution in [0.2, 0.25) is 5.02 Å². The molecule has 1 N–H and O–H groups in total. The monoisotopic (exact) mass is 377 g/mol. The Morgan fingerprint density at radius 3 is 2.64 bits per heavy atom. The van der Waals surface area contributed by atoms with Crippen LogP contribution < -0.4 is 10.1 Å². The zero-order chi connectivity index (χ0) is 17.6. The molecule has 1 heterocycles. The second-order valence-electron chi connectivity index (χ2n) is 5.94. The van der Waals surface area contributed by atoms with Gasteiger partial charge in [0.05, 0.1) is 12.7 Å². The summed E-state index contributed by atoms with van der Waals surface area (Å²) in [6, 6.07) is 7.06. The summed E-state index contributed by atoms with van der Waals surface area (Å²) in [5.74, 6) is 0.397. The van der Waals surface area contributed by atoms with Crippen molar-refractivity contribution in [3.63, 3.8) is 0 Å². The summed E-state index contributed by atoms with van der Waals surface area (Å²) in [6.45, 7) is 0. The van der Waals surface area contributed by atoms with Gasteiger partial charge in [-0.15, -0.1) is 0 Å². The lowest BCUT2D eigenvalue weighted by Crippen LogP contribution is -2.38. The van der Waals surface area contributed by atoms with E-state index in [1.54, 1.807) is 49.5 Å². The normalized spacial score (nSPS) is 20.1. The van der Waals surface area contributed by atoms with Crippen LogP contribution in [-0.4, -0.2) is 34.3 Å². The third kappa shape index (κ3) is 4.86. The second-order valence-corrected chi connectivity index (χ2v) is 7.64. The first-order valence-corrected chi connectivity index (χ1v) is 9.49. The van der Waals surface area contributed by atoms with Crippen LogP contribution in [0.5, 0.6) is 5.75 Å². The lowest BCUT2D eigenvalue weighted by Gasteiger charge is -2.28. The number of benzene rings is 1. The average molecular weight is 378 g/mol. The largest absolute Gasteiger partial charge is 0.496 e. The highest BCUT2D eigenvalue weighted by Gasteiger charge is 2.25. The van der Waals surface area contributed by atoms with Gasteiger partial charge in [-0.1, -0.05) is 23.4 Å². The fraction of sp³-hybridized carbons (Fsp3) is 0.389. The topological polar surface area (TPSA) is 64.1 Å². The van der Waals surface area contributed by atoms with Gasteiger partial charge in [0.15, 0.2) is 5.16 Å². The molecule has 0 unspecified atom stereocenters. The quantitative estimate of drug-likeness (QED) is 0.798. The van der Waals surface area contributed by atoms with Crippen LogP contribution in [0.4, 0.5) is 0 Å². The Bertz CT molecular complexity index is 722. The van der Waals surface area contributed by atoms with Gasteiger partial charge in [0.1, 0.15) is 5.75 Å². The Hall–Kier alpha value is -1.79. The van der Waals surface area contributed by atoms with Gasteiger partial charge in [0, 0.05) is 28.7 Å². The number of hydrogen-bond donors (Lipinski definition) is 1. The molecule has 1 amide bonds. The Kier molecular flexibility index (Phi) is 6.15. The van der Waals surface area contributed by atoms with Gasteiger partial charge < -0.3 is 10.1 Å². The zero-order valence-electron chi connectivity index (χ0n) is 13.9. The molecule has 0 saturated heterocycles. The van der Waals surface area contributed by atoms with Crippen LogP contribution in [0.25, 0.3) is 0 Å². The summed E-state index contributed by atoms with van der Waals surface area (Å²) in [5, 5.41) is 4.94. The van der Waals surface area contributed by atoms with E-state index >= 15 is 0 Å². The average Bonchev–Trinajstić information content (AvgIpc) is 2.64. The number of nitrogens with one attached hydrogen (secondary N) is 1. The molecule has 0 aliphatic heterocycles. The Labute approximate surface area is 156 Å². The van der Waals surface area contributed by atoms with Crippen LogP contribution in [0.3, 0.4) is 0 Å². The number of ether oxygens (including phenoxy) is 1. The highest BCUT2D eigenvalue weighted by Crippen LogP contribution is 2.32. The van der Waals surface area contributed by atoms with Crippen molar-refractivity contribution in [1.29, 1.82) is 0 Å². The first kappa shape index (κ1) is 18.0. The van der Waals surface area contributed by atoms with Crippen molar-refractivity contribution < 1.29 is 9.53 Å². The molecule has 132 valence electrons. The third-order valence-electron chi connectivity index (χ3n) is 4.23. The van der Waals surface area contributed by atoms with E-state index in [1.807, 2.05) is 6.07 Å². The number of halogens is 1. The van der Waals surface area contributed by atoms with E-state index in [0.717, 1.165) is 30.8 Å². The summed E-state index contributed by atoms with van der Waals surface area (Å²) >= 11 is 7.72. The van der Waals surface area contributed by atoms with Crippen LogP contribution in [0.15, 0.2) is 41.8 Å². The van der Waals surface area contributed by atoms with Crippen molar-refractivity contribution in [3.8, 4) is 5.75 Å². The minimum absolute atomic E-state index is 0.137. The Balaban J connectivity index is 1.54. The minimum Gasteiger partial charge on any atom is -0.496 e. The summed E-state index contributed by atoms with van der Waals surface area (Å²) in [4.78, 5) is 21.1. The maximum Gasteiger partial charge on any atom is 0.255 e. The lowest BCUT2D eigenvalue weighted by molar-refractivity contribution is 0.0925. The van der Waals surface area contributed by atoms with Crippen LogP contribution in [0.1, 0.15) is 36.0 Å².